The molecule has 0 saturated heterocycles. The lowest BCUT2D eigenvalue weighted by molar-refractivity contribution is 0.0706. The van der Waals surface area contributed by atoms with Gasteiger partial charge in [-0.25, -0.2) is 4.98 Å². The summed E-state index contributed by atoms with van der Waals surface area (Å²) in [5.41, 5.74) is 6.09. The monoisotopic (exact) mass is 223 g/mol. The van der Waals surface area contributed by atoms with Crippen LogP contribution in [0.2, 0.25) is 0 Å². The third kappa shape index (κ3) is 3.20. The van der Waals surface area contributed by atoms with Crippen molar-refractivity contribution in [2.45, 2.75) is 6.92 Å². The Morgan fingerprint density at radius 1 is 1.62 bits per heavy atom. The van der Waals surface area contributed by atoms with Gasteiger partial charge < -0.3 is 15.4 Å². The van der Waals surface area contributed by atoms with E-state index in [1.165, 1.54) is 6.20 Å². The van der Waals surface area contributed by atoms with E-state index in [4.69, 9.17) is 10.5 Å². The number of carbonyl (C=O) groups excluding carboxylic acids is 1. The van der Waals surface area contributed by atoms with Gasteiger partial charge in [-0.15, -0.1) is 0 Å². The quantitative estimate of drug-likeness (QED) is 0.800. The minimum atomic E-state index is -0.0475. The Kier molecular flexibility index (Phi) is 4.72. The van der Waals surface area contributed by atoms with E-state index in [2.05, 4.69) is 4.98 Å². The van der Waals surface area contributed by atoms with Gasteiger partial charge in [-0.05, 0) is 19.1 Å². The Balaban J connectivity index is 2.74. The Morgan fingerprint density at radius 3 is 2.94 bits per heavy atom. The smallest absolute Gasteiger partial charge is 0.254 e. The number of rotatable bonds is 5. The van der Waals surface area contributed by atoms with Crippen molar-refractivity contribution in [3.05, 3.63) is 23.9 Å². The van der Waals surface area contributed by atoms with Gasteiger partial charge in [0.2, 0.25) is 0 Å². The number of methoxy groups -OCH3 is 1. The third-order valence-electron chi connectivity index (χ3n) is 2.26. The van der Waals surface area contributed by atoms with Crippen LogP contribution in [-0.4, -0.2) is 42.6 Å². The number of nitrogen functional groups attached to an aromatic ring is 1. The van der Waals surface area contributed by atoms with E-state index < -0.39 is 0 Å². The molecule has 0 aromatic carbocycles. The van der Waals surface area contributed by atoms with E-state index >= 15 is 0 Å². The molecular weight excluding hydrogens is 206 g/mol. The Morgan fingerprint density at radius 2 is 2.38 bits per heavy atom. The van der Waals surface area contributed by atoms with Crippen LogP contribution in [0.3, 0.4) is 0 Å². The molecule has 0 atom stereocenters. The molecule has 0 aliphatic carbocycles. The summed E-state index contributed by atoms with van der Waals surface area (Å²) in [6, 6.07) is 3.24. The summed E-state index contributed by atoms with van der Waals surface area (Å²) in [5, 5.41) is 0. The van der Waals surface area contributed by atoms with E-state index in [9.17, 15) is 4.79 Å². The molecule has 1 amide bonds. The summed E-state index contributed by atoms with van der Waals surface area (Å²) in [7, 11) is 1.61. The van der Waals surface area contributed by atoms with Gasteiger partial charge in [-0.3, -0.25) is 4.79 Å². The van der Waals surface area contributed by atoms with Crippen LogP contribution in [0.15, 0.2) is 18.3 Å². The highest BCUT2D eigenvalue weighted by molar-refractivity contribution is 5.94. The molecule has 16 heavy (non-hydrogen) atoms. The maximum atomic E-state index is 12.0. The first-order chi connectivity index (χ1) is 7.69. The first kappa shape index (κ1) is 12.4. The number of anilines is 1. The van der Waals surface area contributed by atoms with Crippen molar-refractivity contribution in [2.75, 3.05) is 32.5 Å². The molecule has 0 aliphatic rings. The molecule has 1 aromatic rings. The van der Waals surface area contributed by atoms with Gasteiger partial charge in [0.1, 0.15) is 5.82 Å². The van der Waals surface area contributed by atoms with Crippen LogP contribution >= 0.6 is 0 Å². The highest BCUT2D eigenvalue weighted by Gasteiger charge is 2.13. The Labute approximate surface area is 95.2 Å². The van der Waals surface area contributed by atoms with Gasteiger partial charge in [0, 0.05) is 32.0 Å². The van der Waals surface area contributed by atoms with Gasteiger partial charge in [-0.1, -0.05) is 0 Å². The van der Waals surface area contributed by atoms with Crippen LogP contribution in [0, 0.1) is 0 Å². The van der Waals surface area contributed by atoms with Crippen molar-refractivity contribution in [1.29, 1.82) is 0 Å². The van der Waals surface area contributed by atoms with Crippen LogP contribution in [0.1, 0.15) is 17.3 Å². The van der Waals surface area contributed by atoms with Crippen molar-refractivity contribution < 1.29 is 9.53 Å². The van der Waals surface area contributed by atoms with Crippen molar-refractivity contribution in [2.24, 2.45) is 0 Å². The highest BCUT2D eigenvalue weighted by Crippen LogP contribution is 2.07. The number of amides is 1. The van der Waals surface area contributed by atoms with Crippen molar-refractivity contribution in [3.8, 4) is 0 Å². The maximum Gasteiger partial charge on any atom is 0.254 e. The van der Waals surface area contributed by atoms with Crippen LogP contribution in [0.5, 0.6) is 0 Å². The molecule has 0 radical (unpaired) electrons. The minimum absolute atomic E-state index is 0.0475. The molecule has 0 saturated carbocycles. The molecule has 5 nitrogen and oxygen atoms in total. The summed E-state index contributed by atoms with van der Waals surface area (Å²) in [6.45, 7) is 3.68. The fourth-order valence-electron chi connectivity index (χ4n) is 1.37. The highest BCUT2D eigenvalue weighted by atomic mass is 16.5. The SMILES string of the molecule is CCN(CCOC)C(=O)c1ccnc(N)c1. The zero-order valence-electron chi connectivity index (χ0n) is 9.64. The molecule has 0 spiro atoms. The molecule has 0 unspecified atom stereocenters. The van der Waals surface area contributed by atoms with Crippen LogP contribution < -0.4 is 5.73 Å². The molecule has 1 rings (SSSR count). The van der Waals surface area contributed by atoms with E-state index in [0.29, 0.717) is 31.1 Å². The van der Waals surface area contributed by atoms with Gasteiger partial charge in [-0.2, -0.15) is 0 Å². The Bertz CT molecular complexity index is 355. The zero-order valence-corrected chi connectivity index (χ0v) is 9.64. The number of pyridine rings is 1. The molecule has 1 heterocycles. The second-order valence-corrected chi connectivity index (χ2v) is 3.35. The molecule has 2 N–H and O–H groups in total. The Hall–Kier alpha value is -1.62. The number of hydrogen-bond donors (Lipinski definition) is 1. The molecule has 0 bridgehead atoms. The van der Waals surface area contributed by atoms with Crippen molar-refractivity contribution >= 4 is 11.7 Å². The number of likely N-dealkylation sites (N-methyl/N-ethyl adjacent to an activating group) is 1. The molecule has 88 valence electrons. The molecule has 1 aromatic heterocycles. The summed E-state index contributed by atoms with van der Waals surface area (Å²) in [5.74, 6) is 0.308. The number of nitrogens with two attached hydrogens (primary N) is 1. The van der Waals surface area contributed by atoms with Crippen molar-refractivity contribution in [1.82, 2.24) is 9.88 Å². The van der Waals surface area contributed by atoms with Crippen LogP contribution in [-0.2, 0) is 4.74 Å². The normalized spacial score (nSPS) is 10.1. The van der Waals surface area contributed by atoms with E-state index in [1.54, 1.807) is 24.1 Å². The molecule has 0 aliphatic heterocycles. The van der Waals surface area contributed by atoms with E-state index in [1.807, 2.05) is 6.92 Å². The second kappa shape index (κ2) is 6.07. The lowest BCUT2D eigenvalue weighted by Crippen LogP contribution is -2.33. The fourth-order valence-corrected chi connectivity index (χ4v) is 1.37. The second-order valence-electron chi connectivity index (χ2n) is 3.35. The molecular formula is C11H17N3O2. The lowest BCUT2D eigenvalue weighted by atomic mass is 10.2. The first-order valence-corrected chi connectivity index (χ1v) is 5.18. The number of aromatic nitrogens is 1. The molecule has 5 heteroatoms. The number of hydrogen-bond acceptors (Lipinski definition) is 4. The van der Waals surface area contributed by atoms with Gasteiger partial charge in [0.15, 0.2) is 0 Å². The summed E-state index contributed by atoms with van der Waals surface area (Å²) >= 11 is 0. The van der Waals surface area contributed by atoms with Crippen LogP contribution in [0.25, 0.3) is 0 Å². The largest absolute Gasteiger partial charge is 0.384 e. The maximum absolute atomic E-state index is 12.0. The average molecular weight is 223 g/mol. The lowest BCUT2D eigenvalue weighted by Gasteiger charge is -2.20. The standard InChI is InChI=1S/C11H17N3O2/c1-3-14(6-7-16-2)11(15)9-4-5-13-10(12)8-9/h4-5,8H,3,6-7H2,1-2H3,(H2,12,13). The summed E-state index contributed by atoms with van der Waals surface area (Å²) in [6.07, 6.45) is 1.53. The number of ether oxygens (including phenoxy) is 1. The van der Waals surface area contributed by atoms with E-state index in [0.717, 1.165) is 0 Å². The third-order valence-corrected chi connectivity index (χ3v) is 2.26. The minimum Gasteiger partial charge on any atom is -0.384 e. The fraction of sp³-hybridized carbons (Fsp3) is 0.455. The number of carbonyl (C=O) groups is 1. The summed E-state index contributed by atoms with van der Waals surface area (Å²) < 4.78 is 4.95. The summed E-state index contributed by atoms with van der Waals surface area (Å²) in [4.78, 5) is 17.6. The topological polar surface area (TPSA) is 68.5 Å². The molecule has 0 fully saturated rings. The van der Waals surface area contributed by atoms with Gasteiger partial charge in [0.25, 0.3) is 5.91 Å². The van der Waals surface area contributed by atoms with Crippen molar-refractivity contribution in [3.63, 3.8) is 0 Å². The predicted molar refractivity (Wildman–Crippen MR) is 62.1 cm³/mol. The van der Waals surface area contributed by atoms with Gasteiger partial charge >= 0.3 is 0 Å². The van der Waals surface area contributed by atoms with Crippen LogP contribution in [0.4, 0.5) is 5.82 Å². The zero-order chi connectivity index (χ0) is 12.0. The van der Waals surface area contributed by atoms with E-state index in [-0.39, 0.29) is 5.91 Å². The average Bonchev–Trinajstić information content (AvgIpc) is 2.29. The number of nitrogens with zero attached hydrogens (tertiary/aromatic N) is 2. The first-order valence-electron chi connectivity index (χ1n) is 5.18. The van der Waals surface area contributed by atoms with Gasteiger partial charge in [0.05, 0.1) is 6.61 Å². The predicted octanol–water partition coefficient (Wildman–Crippen LogP) is 0.772.